The van der Waals surface area contributed by atoms with Gasteiger partial charge >= 0.3 is 0 Å². The van der Waals surface area contributed by atoms with Crippen LogP contribution in [0.25, 0.3) is 11.3 Å². The molecule has 0 amide bonds. The van der Waals surface area contributed by atoms with Crippen molar-refractivity contribution in [2.24, 2.45) is 7.05 Å². The maximum atomic E-state index is 10.5. The summed E-state index contributed by atoms with van der Waals surface area (Å²) in [6, 6.07) is 18.0. The number of aliphatic hydroxyl groups is 1. The van der Waals surface area contributed by atoms with E-state index in [1.807, 2.05) is 49.5 Å². The minimum atomic E-state index is -0.356. The van der Waals surface area contributed by atoms with Gasteiger partial charge in [0.1, 0.15) is 17.2 Å². The Morgan fingerprint density at radius 2 is 1.69 bits per heavy atom. The van der Waals surface area contributed by atoms with Gasteiger partial charge in [0, 0.05) is 31.7 Å². The highest BCUT2D eigenvalue weighted by molar-refractivity contribution is 5.65. The fourth-order valence-corrected chi connectivity index (χ4v) is 3.76. The topological polar surface area (TPSA) is 59.8 Å². The SMILES string of the molecule is CCCC(O)CN(Cc1c(-c2ccccc2)nn(C)c1Oc1ccc(OC)cc1)C(C)C. The number of hydrogen-bond donors (Lipinski definition) is 1. The van der Waals surface area contributed by atoms with Gasteiger partial charge in [-0.15, -0.1) is 0 Å². The molecule has 1 atom stereocenters. The summed E-state index contributed by atoms with van der Waals surface area (Å²) < 4.78 is 13.4. The zero-order chi connectivity index (χ0) is 23.1. The van der Waals surface area contributed by atoms with Crippen molar-refractivity contribution in [1.29, 1.82) is 0 Å². The van der Waals surface area contributed by atoms with Crippen LogP contribution in [0, 0.1) is 0 Å². The Hall–Kier alpha value is -2.83. The molecule has 6 nitrogen and oxygen atoms in total. The van der Waals surface area contributed by atoms with Crippen molar-refractivity contribution in [3.8, 4) is 28.6 Å². The minimum Gasteiger partial charge on any atom is -0.497 e. The van der Waals surface area contributed by atoms with Gasteiger partial charge in [0.2, 0.25) is 5.88 Å². The quantitative estimate of drug-likeness (QED) is 0.443. The van der Waals surface area contributed by atoms with Gasteiger partial charge in [-0.25, -0.2) is 4.68 Å². The van der Waals surface area contributed by atoms with Gasteiger partial charge in [-0.2, -0.15) is 5.10 Å². The first kappa shape index (κ1) is 23.8. The molecule has 172 valence electrons. The number of hydrogen-bond acceptors (Lipinski definition) is 5. The van der Waals surface area contributed by atoms with Crippen molar-refractivity contribution in [1.82, 2.24) is 14.7 Å². The summed E-state index contributed by atoms with van der Waals surface area (Å²) in [5.74, 6) is 2.20. The lowest BCUT2D eigenvalue weighted by Crippen LogP contribution is -2.37. The first-order chi connectivity index (χ1) is 15.4. The van der Waals surface area contributed by atoms with Gasteiger partial charge in [0.25, 0.3) is 0 Å². The Balaban J connectivity index is 1.99. The van der Waals surface area contributed by atoms with Gasteiger partial charge in [-0.05, 0) is 44.5 Å². The highest BCUT2D eigenvalue weighted by atomic mass is 16.5. The van der Waals surface area contributed by atoms with Crippen LogP contribution in [-0.4, -0.2) is 45.6 Å². The second kappa shape index (κ2) is 11.2. The molecule has 0 aliphatic rings. The molecule has 0 saturated carbocycles. The molecule has 0 fully saturated rings. The standard InChI is InChI=1S/C26H35N3O3/c1-6-10-21(30)17-29(19(2)3)18-24-25(20-11-8-7-9-12-20)27-28(4)26(24)32-23-15-13-22(31-5)14-16-23/h7-9,11-16,19,21,30H,6,10,17-18H2,1-5H3. The monoisotopic (exact) mass is 437 g/mol. The van der Waals surface area contributed by atoms with Crippen LogP contribution in [0.1, 0.15) is 39.2 Å². The van der Waals surface area contributed by atoms with E-state index in [-0.39, 0.29) is 12.1 Å². The summed E-state index contributed by atoms with van der Waals surface area (Å²) in [7, 11) is 3.55. The molecule has 0 saturated heterocycles. The van der Waals surface area contributed by atoms with Crippen molar-refractivity contribution in [2.75, 3.05) is 13.7 Å². The van der Waals surface area contributed by atoms with Gasteiger partial charge in [0.15, 0.2) is 0 Å². The predicted octanol–water partition coefficient (Wildman–Crippen LogP) is 5.26. The molecule has 3 aromatic rings. The largest absolute Gasteiger partial charge is 0.497 e. The number of rotatable bonds is 11. The maximum absolute atomic E-state index is 10.5. The van der Waals surface area contributed by atoms with Gasteiger partial charge < -0.3 is 14.6 Å². The average Bonchev–Trinajstić information content (AvgIpc) is 3.09. The van der Waals surface area contributed by atoms with E-state index in [1.165, 1.54) is 0 Å². The van der Waals surface area contributed by atoms with Crippen LogP contribution in [0.4, 0.5) is 0 Å². The first-order valence-electron chi connectivity index (χ1n) is 11.3. The highest BCUT2D eigenvalue weighted by Crippen LogP contribution is 2.35. The molecule has 0 spiro atoms. The molecule has 0 radical (unpaired) electrons. The molecule has 1 heterocycles. The lowest BCUT2D eigenvalue weighted by Gasteiger charge is -2.29. The van der Waals surface area contributed by atoms with Crippen LogP contribution in [0.2, 0.25) is 0 Å². The van der Waals surface area contributed by atoms with E-state index in [0.29, 0.717) is 19.0 Å². The molecule has 0 aliphatic heterocycles. The van der Waals surface area contributed by atoms with Crippen molar-refractivity contribution in [3.63, 3.8) is 0 Å². The Morgan fingerprint density at radius 1 is 1.03 bits per heavy atom. The van der Waals surface area contributed by atoms with Crippen molar-refractivity contribution in [2.45, 2.75) is 52.3 Å². The number of aliphatic hydroxyl groups excluding tert-OH is 1. The molecule has 1 N–H and O–H groups in total. The zero-order valence-electron chi connectivity index (χ0n) is 19.8. The first-order valence-corrected chi connectivity index (χ1v) is 11.3. The van der Waals surface area contributed by atoms with Crippen LogP contribution in [0.3, 0.4) is 0 Å². The highest BCUT2D eigenvalue weighted by Gasteiger charge is 2.24. The summed E-state index contributed by atoms with van der Waals surface area (Å²) in [4.78, 5) is 2.28. The van der Waals surface area contributed by atoms with Gasteiger partial charge in [-0.3, -0.25) is 4.90 Å². The second-order valence-electron chi connectivity index (χ2n) is 8.37. The third-order valence-corrected chi connectivity index (χ3v) is 5.57. The van der Waals surface area contributed by atoms with E-state index in [9.17, 15) is 5.11 Å². The molecular formula is C26H35N3O3. The molecular weight excluding hydrogens is 402 g/mol. The third kappa shape index (κ3) is 5.90. The zero-order valence-corrected chi connectivity index (χ0v) is 19.8. The minimum absolute atomic E-state index is 0.263. The molecule has 3 rings (SSSR count). The van der Waals surface area contributed by atoms with Gasteiger partial charge in [0.05, 0.1) is 18.8 Å². The number of nitrogens with zero attached hydrogens (tertiary/aromatic N) is 3. The molecule has 32 heavy (non-hydrogen) atoms. The molecule has 0 bridgehead atoms. The molecule has 6 heteroatoms. The molecule has 2 aromatic carbocycles. The Kier molecular flexibility index (Phi) is 8.31. The molecule has 1 aromatic heterocycles. The second-order valence-corrected chi connectivity index (χ2v) is 8.37. The van der Waals surface area contributed by atoms with Crippen molar-refractivity contribution >= 4 is 0 Å². The number of benzene rings is 2. The summed E-state index contributed by atoms with van der Waals surface area (Å²) in [6.07, 6.45) is 1.39. The van der Waals surface area contributed by atoms with Crippen LogP contribution in [-0.2, 0) is 13.6 Å². The summed E-state index contributed by atoms with van der Waals surface area (Å²) in [6.45, 7) is 7.64. The fraction of sp³-hybridized carbons (Fsp3) is 0.423. The number of methoxy groups -OCH3 is 1. The lowest BCUT2D eigenvalue weighted by atomic mass is 10.1. The number of ether oxygens (including phenoxy) is 2. The molecule has 0 aliphatic carbocycles. The Morgan fingerprint density at radius 3 is 2.28 bits per heavy atom. The predicted molar refractivity (Wildman–Crippen MR) is 128 cm³/mol. The van der Waals surface area contributed by atoms with E-state index in [0.717, 1.165) is 41.2 Å². The third-order valence-electron chi connectivity index (χ3n) is 5.57. The van der Waals surface area contributed by atoms with Crippen molar-refractivity contribution < 1.29 is 14.6 Å². The van der Waals surface area contributed by atoms with Gasteiger partial charge in [-0.1, -0.05) is 43.7 Å². The summed E-state index contributed by atoms with van der Waals surface area (Å²) >= 11 is 0. The van der Waals surface area contributed by atoms with Crippen LogP contribution in [0.15, 0.2) is 54.6 Å². The normalized spacial score (nSPS) is 12.4. The smallest absolute Gasteiger partial charge is 0.222 e. The van der Waals surface area contributed by atoms with E-state index in [1.54, 1.807) is 11.8 Å². The van der Waals surface area contributed by atoms with E-state index < -0.39 is 0 Å². The fourth-order valence-electron chi connectivity index (χ4n) is 3.76. The van der Waals surface area contributed by atoms with Crippen LogP contribution >= 0.6 is 0 Å². The maximum Gasteiger partial charge on any atom is 0.222 e. The van der Waals surface area contributed by atoms with Crippen molar-refractivity contribution in [3.05, 3.63) is 60.2 Å². The van der Waals surface area contributed by atoms with Crippen LogP contribution < -0.4 is 9.47 Å². The van der Waals surface area contributed by atoms with Crippen LogP contribution in [0.5, 0.6) is 17.4 Å². The Labute approximate surface area is 191 Å². The van der Waals surface area contributed by atoms with E-state index >= 15 is 0 Å². The van der Waals surface area contributed by atoms with E-state index in [2.05, 4.69) is 37.8 Å². The van der Waals surface area contributed by atoms with E-state index in [4.69, 9.17) is 14.6 Å². The number of aryl methyl sites for hydroxylation is 1. The Bertz CT molecular complexity index is 968. The number of aromatic nitrogens is 2. The average molecular weight is 438 g/mol. The lowest BCUT2D eigenvalue weighted by molar-refractivity contribution is 0.0839. The molecule has 1 unspecified atom stereocenters. The summed E-state index contributed by atoms with van der Waals surface area (Å²) in [5.41, 5.74) is 2.94. The summed E-state index contributed by atoms with van der Waals surface area (Å²) in [5, 5.41) is 15.3.